The Hall–Kier alpha value is -3.14. The maximum absolute atomic E-state index is 12.7. The van der Waals surface area contributed by atoms with Crippen molar-refractivity contribution >= 4 is 15.9 Å². The van der Waals surface area contributed by atoms with Gasteiger partial charge in [-0.3, -0.25) is 4.79 Å². The first kappa shape index (κ1) is 22.1. The lowest BCUT2D eigenvalue weighted by Crippen LogP contribution is -2.40. The molecule has 0 spiro atoms. The molecular formula is C23H24N2O6S. The van der Waals surface area contributed by atoms with E-state index in [9.17, 15) is 13.2 Å². The molecule has 0 unspecified atom stereocenters. The third-order valence-electron chi connectivity index (χ3n) is 5.07. The number of rotatable bonds is 8. The largest absolute Gasteiger partial charge is 0.489 e. The predicted octanol–water partition coefficient (Wildman–Crippen LogP) is 2.81. The van der Waals surface area contributed by atoms with Crippen molar-refractivity contribution in [1.29, 1.82) is 0 Å². The Morgan fingerprint density at radius 2 is 1.72 bits per heavy atom. The Labute approximate surface area is 186 Å². The number of furan rings is 1. The van der Waals surface area contributed by atoms with Crippen molar-refractivity contribution in [2.45, 2.75) is 18.0 Å². The highest BCUT2D eigenvalue weighted by Crippen LogP contribution is 2.19. The number of carbonyl (C=O) groups is 1. The Kier molecular flexibility index (Phi) is 6.89. The molecule has 0 saturated carbocycles. The van der Waals surface area contributed by atoms with Gasteiger partial charge in [-0.15, -0.1) is 0 Å². The van der Waals surface area contributed by atoms with Crippen molar-refractivity contribution < 1.29 is 27.1 Å². The molecule has 1 aromatic heterocycles. The third kappa shape index (κ3) is 5.18. The van der Waals surface area contributed by atoms with Crippen LogP contribution in [0.4, 0.5) is 0 Å². The second-order valence-corrected chi connectivity index (χ2v) is 9.16. The molecule has 168 valence electrons. The van der Waals surface area contributed by atoms with Crippen LogP contribution in [-0.2, 0) is 27.9 Å². The normalized spacial score (nSPS) is 14.8. The maximum Gasteiger partial charge on any atom is 0.287 e. The van der Waals surface area contributed by atoms with Gasteiger partial charge in [0.1, 0.15) is 12.4 Å². The Morgan fingerprint density at radius 3 is 2.44 bits per heavy atom. The molecule has 0 atom stereocenters. The van der Waals surface area contributed by atoms with Gasteiger partial charge in [0.25, 0.3) is 5.91 Å². The number of hydrogen-bond acceptors (Lipinski definition) is 6. The number of nitrogens with zero attached hydrogens (tertiary/aromatic N) is 1. The van der Waals surface area contributed by atoms with Crippen LogP contribution in [0.3, 0.4) is 0 Å². The fraction of sp³-hybridized carbons (Fsp3) is 0.261. The van der Waals surface area contributed by atoms with Gasteiger partial charge in [-0.1, -0.05) is 30.3 Å². The molecule has 4 rings (SSSR count). The number of hydrogen-bond donors (Lipinski definition) is 1. The second-order valence-electron chi connectivity index (χ2n) is 7.22. The molecule has 0 bridgehead atoms. The van der Waals surface area contributed by atoms with Crippen molar-refractivity contribution in [3.8, 4) is 5.75 Å². The van der Waals surface area contributed by atoms with Gasteiger partial charge in [-0.05, 0) is 35.9 Å². The van der Waals surface area contributed by atoms with E-state index in [0.29, 0.717) is 37.6 Å². The van der Waals surface area contributed by atoms with Crippen molar-refractivity contribution in [1.82, 2.24) is 9.62 Å². The SMILES string of the molecule is O=C(NCc1ccc(S(=O)(=O)N2CCOCC2)cc1)c1occc1COc1ccccc1. The number of morpholine rings is 1. The van der Waals surface area contributed by atoms with Gasteiger partial charge in [0, 0.05) is 25.2 Å². The van der Waals surface area contributed by atoms with Gasteiger partial charge >= 0.3 is 0 Å². The van der Waals surface area contributed by atoms with Gasteiger partial charge in [-0.2, -0.15) is 4.31 Å². The second kappa shape index (κ2) is 9.99. The molecule has 1 amide bonds. The molecule has 8 nitrogen and oxygen atoms in total. The van der Waals surface area contributed by atoms with E-state index in [-0.39, 0.29) is 29.7 Å². The average molecular weight is 457 g/mol. The lowest BCUT2D eigenvalue weighted by molar-refractivity contribution is 0.0730. The number of para-hydroxylation sites is 1. The molecule has 0 radical (unpaired) electrons. The summed E-state index contributed by atoms with van der Waals surface area (Å²) in [7, 11) is -3.54. The molecule has 1 aliphatic rings. The van der Waals surface area contributed by atoms with Crippen LogP contribution in [0.5, 0.6) is 5.75 Å². The van der Waals surface area contributed by atoms with E-state index >= 15 is 0 Å². The first-order chi connectivity index (χ1) is 15.5. The van der Waals surface area contributed by atoms with Crippen molar-refractivity contribution in [3.05, 3.63) is 83.8 Å². The molecule has 2 heterocycles. The minimum atomic E-state index is -3.54. The first-order valence-electron chi connectivity index (χ1n) is 10.2. The molecule has 1 aliphatic heterocycles. The van der Waals surface area contributed by atoms with Gasteiger partial charge < -0.3 is 19.2 Å². The average Bonchev–Trinajstić information content (AvgIpc) is 3.31. The molecule has 3 aromatic rings. The van der Waals surface area contributed by atoms with Gasteiger partial charge in [0.15, 0.2) is 5.76 Å². The highest BCUT2D eigenvalue weighted by molar-refractivity contribution is 7.89. The summed E-state index contributed by atoms with van der Waals surface area (Å²) in [6.45, 7) is 1.93. The molecular weight excluding hydrogens is 432 g/mol. The zero-order valence-electron chi connectivity index (χ0n) is 17.4. The zero-order chi connectivity index (χ0) is 22.4. The molecule has 1 fully saturated rings. The van der Waals surface area contributed by atoms with E-state index in [1.807, 2.05) is 30.3 Å². The fourth-order valence-electron chi connectivity index (χ4n) is 3.30. The number of amides is 1. The predicted molar refractivity (Wildman–Crippen MR) is 117 cm³/mol. The summed E-state index contributed by atoms with van der Waals surface area (Å²) in [6.07, 6.45) is 1.45. The summed E-state index contributed by atoms with van der Waals surface area (Å²) < 4.78 is 43.1. The minimum Gasteiger partial charge on any atom is -0.489 e. The van der Waals surface area contributed by atoms with E-state index in [0.717, 1.165) is 5.56 Å². The van der Waals surface area contributed by atoms with Crippen LogP contribution in [0.15, 0.2) is 76.2 Å². The van der Waals surface area contributed by atoms with Crippen LogP contribution < -0.4 is 10.1 Å². The Bertz CT molecular complexity index is 1140. The molecule has 32 heavy (non-hydrogen) atoms. The summed E-state index contributed by atoms with van der Waals surface area (Å²) in [5.74, 6) is 0.520. The Balaban J connectivity index is 1.34. The topological polar surface area (TPSA) is 98.1 Å². The van der Waals surface area contributed by atoms with Gasteiger partial charge in [-0.25, -0.2) is 8.42 Å². The van der Waals surface area contributed by atoms with Crippen LogP contribution in [-0.4, -0.2) is 44.9 Å². The van der Waals surface area contributed by atoms with Crippen LogP contribution >= 0.6 is 0 Å². The standard InChI is InChI=1S/C23H24N2O6S/c26-23(22-19(10-13-30-22)17-31-20-4-2-1-3-5-20)24-16-18-6-8-21(9-7-18)32(27,28)25-11-14-29-15-12-25/h1-10,13H,11-12,14-17H2,(H,24,26). The lowest BCUT2D eigenvalue weighted by atomic mass is 10.2. The van der Waals surface area contributed by atoms with Crippen LogP contribution in [0.1, 0.15) is 21.7 Å². The number of ether oxygens (including phenoxy) is 2. The van der Waals surface area contributed by atoms with Gasteiger partial charge in [0.05, 0.1) is 24.4 Å². The highest BCUT2D eigenvalue weighted by Gasteiger charge is 2.26. The first-order valence-corrected chi connectivity index (χ1v) is 11.7. The summed E-state index contributed by atoms with van der Waals surface area (Å²) >= 11 is 0. The molecule has 1 saturated heterocycles. The smallest absolute Gasteiger partial charge is 0.287 e. The summed E-state index contributed by atoms with van der Waals surface area (Å²) in [4.78, 5) is 12.8. The molecule has 0 aliphatic carbocycles. The number of sulfonamides is 1. The molecule has 1 N–H and O–H groups in total. The van der Waals surface area contributed by atoms with Gasteiger partial charge in [0.2, 0.25) is 10.0 Å². The number of carbonyl (C=O) groups excluding carboxylic acids is 1. The Morgan fingerprint density at radius 1 is 1.00 bits per heavy atom. The zero-order valence-corrected chi connectivity index (χ0v) is 18.2. The van der Waals surface area contributed by atoms with Crippen LogP contribution in [0.2, 0.25) is 0 Å². The summed E-state index contributed by atoms with van der Waals surface area (Å²) in [6, 6.07) is 17.5. The van der Waals surface area contributed by atoms with E-state index in [2.05, 4.69) is 5.32 Å². The summed E-state index contributed by atoms with van der Waals surface area (Å²) in [5.41, 5.74) is 1.41. The lowest BCUT2D eigenvalue weighted by Gasteiger charge is -2.26. The van der Waals surface area contributed by atoms with E-state index in [1.54, 1.807) is 30.3 Å². The number of nitrogens with one attached hydrogen (secondary N) is 1. The highest BCUT2D eigenvalue weighted by atomic mass is 32.2. The van der Waals surface area contributed by atoms with Crippen molar-refractivity contribution in [2.24, 2.45) is 0 Å². The summed E-state index contributed by atoms with van der Waals surface area (Å²) in [5, 5.41) is 2.80. The monoisotopic (exact) mass is 456 g/mol. The molecule has 9 heteroatoms. The van der Waals surface area contributed by atoms with E-state index < -0.39 is 10.0 Å². The number of benzene rings is 2. The quantitative estimate of drug-likeness (QED) is 0.560. The van der Waals surface area contributed by atoms with Crippen LogP contribution in [0.25, 0.3) is 0 Å². The minimum absolute atomic E-state index is 0.187. The maximum atomic E-state index is 12.7. The van der Waals surface area contributed by atoms with E-state index in [4.69, 9.17) is 13.9 Å². The van der Waals surface area contributed by atoms with Crippen LogP contribution in [0, 0.1) is 0 Å². The van der Waals surface area contributed by atoms with Crippen molar-refractivity contribution in [2.75, 3.05) is 26.3 Å². The third-order valence-corrected chi connectivity index (χ3v) is 6.99. The van der Waals surface area contributed by atoms with Crippen molar-refractivity contribution in [3.63, 3.8) is 0 Å². The fourth-order valence-corrected chi connectivity index (χ4v) is 4.71. The molecule has 2 aromatic carbocycles. The van der Waals surface area contributed by atoms with E-state index in [1.165, 1.54) is 10.6 Å².